The zero-order valence-corrected chi connectivity index (χ0v) is 10.9. The molecule has 2 rings (SSSR count). The van der Waals surface area contributed by atoms with Gasteiger partial charge in [-0.25, -0.2) is 4.98 Å². The van der Waals surface area contributed by atoms with E-state index in [2.05, 4.69) is 33.0 Å². The number of hydrogen-bond donors (Lipinski definition) is 0. The minimum absolute atomic E-state index is 0.395. The Morgan fingerprint density at radius 3 is 2.94 bits per heavy atom. The summed E-state index contributed by atoms with van der Waals surface area (Å²) in [7, 11) is 0. The molecular weight excluding hydrogens is 284 g/mol. The summed E-state index contributed by atoms with van der Waals surface area (Å²) in [6.45, 7) is 0. The van der Waals surface area contributed by atoms with Crippen LogP contribution in [0.3, 0.4) is 0 Å². The summed E-state index contributed by atoms with van der Waals surface area (Å²) >= 11 is 5.13. The lowest BCUT2D eigenvalue weighted by Gasteiger charge is -2.00. The van der Waals surface area contributed by atoms with Gasteiger partial charge in [0.15, 0.2) is 0 Å². The Kier molecular flexibility index (Phi) is 3.70. The fourth-order valence-electron chi connectivity index (χ4n) is 1.40. The molecule has 4 heteroatoms. The Labute approximate surface area is 107 Å². The van der Waals surface area contributed by atoms with Crippen LogP contribution in [0.1, 0.15) is 16.3 Å². The number of aromatic nitrogens is 1. The molecule has 1 heterocycles. The largest absolute Gasteiger partial charge is 0.245 e. The SMILES string of the molecule is N#CCc1csc(Cc2ccccc2Br)n1. The van der Waals surface area contributed by atoms with Gasteiger partial charge < -0.3 is 0 Å². The molecule has 0 saturated carbocycles. The van der Waals surface area contributed by atoms with Crippen LogP contribution < -0.4 is 0 Å². The van der Waals surface area contributed by atoms with Crippen molar-refractivity contribution in [3.63, 3.8) is 0 Å². The fourth-order valence-corrected chi connectivity index (χ4v) is 2.64. The van der Waals surface area contributed by atoms with Crippen molar-refractivity contribution in [2.45, 2.75) is 12.8 Å². The van der Waals surface area contributed by atoms with E-state index in [9.17, 15) is 0 Å². The van der Waals surface area contributed by atoms with Crippen LogP contribution in [0.2, 0.25) is 0 Å². The van der Waals surface area contributed by atoms with E-state index in [-0.39, 0.29) is 0 Å². The van der Waals surface area contributed by atoms with E-state index >= 15 is 0 Å². The number of thiazole rings is 1. The number of halogens is 1. The van der Waals surface area contributed by atoms with Crippen LogP contribution in [0.5, 0.6) is 0 Å². The highest BCUT2D eigenvalue weighted by atomic mass is 79.9. The molecule has 1 aromatic carbocycles. The lowest BCUT2D eigenvalue weighted by Crippen LogP contribution is -1.89. The highest BCUT2D eigenvalue weighted by Gasteiger charge is 2.05. The molecule has 0 saturated heterocycles. The average molecular weight is 293 g/mol. The van der Waals surface area contributed by atoms with Gasteiger partial charge in [0.2, 0.25) is 0 Å². The van der Waals surface area contributed by atoms with Gasteiger partial charge in [0, 0.05) is 16.3 Å². The molecule has 0 amide bonds. The molecule has 0 aliphatic rings. The van der Waals surface area contributed by atoms with Gasteiger partial charge in [-0.3, -0.25) is 0 Å². The zero-order valence-electron chi connectivity index (χ0n) is 8.48. The normalized spacial score (nSPS) is 10.0. The van der Waals surface area contributed by atoms with E-state index in [1.807, 2.05) is 23.6 Å². The van der Waals surface area contributed by atoms with Crippen molar-refractivity contribution < 1.29 is 0 Å². The van der Waals surface area contributed by atoms with Crippen molar-refractivity contribution >= 4 is 27.3 Å². The molecule has 0 bridgehead atoms. The third kappa shape index (κ3) is 2.69. The molecule has 0 spiro atoms. The Morgan fingerprint density at radius 1 is 1.38 bits per heavy atom. The second kappa shape index (κ2) is 5.24. The molecule has 2 aromatic rings. The van der Waals surface area contributed by atoms with Crippen molar-refractivity contribution in [1.82, 2.24) is 4.98 Å². The van der Waals surface area contributed by atoms with Crippen LogP contribution in [0.15, 0.2) is 34.1 Å². The molecule has 16 heavy (non-hydrogen) atoms. The van der Waals surface area contributed by atoms with Crippen molar-refractivity contribution in [3.8, 4) is 6.07 Å². The Balaban J connectivity index is 2.15. The molecule has 1 aromatic heterocycles. The van der Waals surface area contributed by atoms with E-state index in [0.717, 1.165) is 21.6 Å². The van der Waals surface area contributed by atoms with Crippen LogP contribution in [-0.4, -0.2) is 4.98 Å². The summed E-state index contributed by atoms with van der Waals surface area (Å²) in [5.41, 5.74) is 2.09. The first-order valence-corrected chi connectivity index (χ1v) is 6.50. The lowest BCUT2D eigenvalue weighted by molar-refractivity contribution is 1.06. The third-order valence-corrected chi connectivity index (χ3v) is 3.83. The zero-order chi connectivity index (χ0) is 11.4. The van der Waals surface area contributed by atoms with Crippen LogP contribution in [0.25, 0.3) is 0 Å². The number of nitrogens with zero attached hydrogens (tertiary/aromatic N) is 2. The van der Waals surface area contributed by atoms with Gasteiger partial charge in [0.1, 0.15) is 0 Å². The maximum atomic E-state index is 8.57. The Hall–Kier alpha value is -1.18. The summed E-state index contributed by atoms with van der Waals surface area (Å²) in [4.78, 5) is 4.41. The first-order chi connectivity index (χ1) is 7.79. The molecule has 80 valence electrons. The second-order valence-electron chi connectivity index (χ2n) is 3.34. The number of benzene rings is 1. The highest BCUT2D eigenvalue weighted by Crippen LogP contribution is 2.21. The molecule has 0 N–H and O–H groups in total. The summed E-state index contributed by atoms with van der Waals surface area (Å²) in [5, 5.41) is 11.6. The molecule has 0 aliphatic heterocycles. The second-order valence-corrected chi connectivity index (χ2v) is 5.13. The molecule has 0 aliphatic carbocycles. The number of nitriles is 1. The van der Waals surface area contributed by atoms with Gasteiger partial charge >= 0.3 is 0 Å². The smallest absolute Gasteiger partial charge is 0.0973 e. The Bertz CT molecular complexity index is 528. The van der Waals surface area contributed by atoms with Gasteiger partial charge in [0.25, 0.3) is 0 Å². The van der Waals surface area contributed by atoms with Crippen LogP contribution in [0, 0.1) is 11.3 Å². The number of rotatable bonds is 3. The maximum Gasteiger partial charge on any atom is 0.0973 e. The van der Waals surface area contributed by atoms with Crippen molar-refractivity contribution in [2.24, 2.45) is 0 Å². The molecule has 0 unspecified atom stereocenters. The van der Waals surface area contributed by atoms with Crippen molar-refractivity contribution in [2.75, 3.05) is 0 Å². The summed E-state index contributed by atoms with van der Waals surface area (Å²) in [6.07, 6.45) is 1.21. The summed E-state index contributed by atoms with van der Waals surface area (Å²) in [5.74, 6) is 0. The molecule has 0 radical (unpaired) electrons. The molecular formula is C12H9BrN2S. The van der Waals surface area contributed by atoms with Gasteiger partial charge in [-0.05, 0) is 11.6 Å². The number of hydrogen-bond acceptors (Lipinski definition) is 3. The predicted molar refractivity (Wildman–Crippen MR) is 68.4 cm³/mol. The van der Waals surface area contributed by atoms with Crippen LogP contribution >= 0.6 is 27.3 Å². The lowest BCUT2D eigenvalue weighted by atomic mass is 10.2. The molecule has 2 nitrogen and oxygen atoms in total. The van der Waals surface area contributed by atoms with Crippen LogP contribution in [-0.2, 0) is 12.8 Å². The van der Waals surface area contributed by atoms with E-state index in [0.29, 0.717) is 6.42 Å². The minimum Gasteiger partial charge on any atom is -0.245 e. The van der Waals surface area contributed by atoms with E-state index in [1.54, 1.807) is 11.3 Å². The highest BCUT2D eigenvalue weighted by molar-refractivity contribution is 9.10. The molecule has 0 atom stereocenters. The van der Waals surface area contributed by atoms with E-state index < -0.39 is 0 Å². The van der Waals surface area contributed by atoms with Crippen molar-refractivity contribution in [1.29, 1.82) is 5.26 Å². The van der Waals surface area contributed by atoms with Gasteiger partial charge in [0.05, 0.1) is 23.2 Å². The summed E-state index contributed by atoms with van der Waals surface area (Å²) < 4.78 is 1.10. The summed E-state index contributed by atoms with van der Waals surface area (Å²) in [6, 6.07) is 10.2. The van der Waals surface area contributed by atoms with Crippen molar-refractivity contribution in [3.05, 3.63) is 50.4 Å². The quantitative estimate of drug-likeness (QED) is 0.867. The van der Waals surface area contributed by atoms with Gasteiger partial charge in [-0.1, -0.05) is 34.1 Å². The standard InChI is InChI=1S/C12H9BrN2S/c13-11-4-2-1-3-9(11)7-12-15-10(5-6-14)8-16-12/h1-4,8H,5,7H2. The molecule has 0 fully saturated rings. The Morgan fingerprint density at radius 2 is 2.19 bits per heavy atom. The predicted octanol–water partition coefficient (Wildman–Crippen LogP) is 3.56. The van der Waals surface area contributed by atoms with Gasteiger partial charge in [-0.2, -0.15) is 5.26 Å². The fraction of sp³-hybridized carbons (Fsp3) is 0.167. The third-order valence-electron chi connectivity index (χ3n) is 2.16. The minimum atomic E-state index is 0.395. The average Bonchev–Trinajstić information content (AvgIpc) is 2.70. The first kappa shape index (κ1) is 11.3. The van der Waals surface area contributed by atoms with E-state index in [4.69, 9.17) is 5.26 Å². The van der Waals surface area contributed by atoms with Gasteiger partial charge in [-0.15, -0.1) is 11.3 Å². The first-order valence-electron chi connectivity index (χ1n) is 4.83. The maximum absolute atomic E-state index is 8.57. The monoisotopic (exact) mass is 292 g/mol. The van der Waals surface area contributed by atoms with E-state index in [1.165, 1.54) is 5.56 Å². The van der Waals surface area contributed by atoms with Crippen LogP contribution in [0.4, 0.5) is 0 Å². The topological polar surface area (TPSA) is 36.7 Å².